The third-order valence-corrected chi connectivity index (χ3v) is 11.3. The lowest BCUT2D eigenvalue weighted by Gasteiger charge is -2.14. The Morgan fingerprint density at radius 1 is 0.547 bits per heavy atom. The van der Waals surface area contributed by atoms with E-state index >= 15 is 0 Å². The van der Waals surface area contributed by atoms with Gasteiger partial charge in [-0.2, -0.15) is 19.9 Å². The second-order valence-corrected chi connectivity index (χ2v) is 15.7. The fourth-order valence-corrected chi connectivity index (χ4v) is 7.90. The van der Waals surface area contributed by atoms with E-state index in [2.05, 4.69) is 46.3 Å². The summed E-state index contributed by atoms with van der Waals surface area (Å²) in [5.74, 6) is 0.666. The van der Waals surface area contributed by atoms with Crippen LogP contribution in [0.4, 0.5) is 5.82 Å². The molecule has 0 aliphatic carbocycles. The van der Waals surface area contributed by atoms with E-state index < -0.39 is 0 Å². The minimum absolute atomic E-state index is 0. The normalized spacial score (nSPS) is 10.8. The summed E-state index contributed by atoms with van der Waals surface area (Å²) in [6, 6.07) is 35.1. The number of benzene rings is 4. The number of nitrogens with two attached hydrogens (primary N) is 1. The average Bonchev–Trinajstić information content (AvgIpc) is 3.99. The van der Waals surface area contributed by atoms with Crippen molar-refractivity contribution in [3.05, 3.63) is 158 Å². The number of rotatable bonds is 8. The number of halogens is 5. The van der Waals surface area contributed by atoms with Crippen molar-refractivity contribution in [2.75, 3.05) is 19.5 Å². The summed E-state index contributed by atoms with van der Waals surface area (Å²) in [6.07, 6.45) is 3.57. The number of nitrogens with one attached hydrogen (secondary N) is 3. The number of para-hydroxylation sites is 2. The summed E-state index contributed by atoms with van der Waals surface area (Å²) in [7, 11) is 3.04. The van der Waals surface area contributed by atoms with Gasteiger partial charge in [-0.1, -0.05) is 126 Å². The second-order valence-electron chi connectivity index (χ2n) is 13.7. The van der Waals surface area contributed by atoms with Crippen LogP contribution in [0.3, 0.4) is 0 Å². The molecule has 5 N–H and O–H groups in total. The topological polar surface area (TPSA) is 165 Å². The van der Waals surface area contributed by atoms with Crippen molar-refractivity contribution in [1.82, 2.24) is 39.9 Å². The molecule has 17 heteroatoms. The number of nitrogens with zero attached hydrogens (tertiary/aromatic N) is 6. The zero-order valence-corrected chi connectivity index (χ0v) is 37.2. The lowest BCUT2D eigenvalue weighted by atomic mass is 10.0. The fraction of sp³-hybridized carbons (Fsp3) is 0.106. The van der Waals surface area contributed by atoms with E-state index in [1.165, 1.54) is 7.11 Å². The highest BCUT2D eigenvalue weighted by Crippen LogP contribution is 2.35. The maximum atomic E-state index is 6.51. The molecule has 0 amide bonds. The Morgan fingerprint density at radius 3 is 1.58 bits per heavy atom. The van der Waals surface area contributed by atoms with E-state index in [9.17, 15) is 0 Å². The predicted octanol–water partition coefficient (Wildman–Crippen LogP) is 13.0. The molecule has 0 saturated carbocycles. The first-order valence-electron chi connectivity index (χ1n) is 19.2. The Morgan fingerprint density at radius 2 is 1.03 bits per heavy atom. The molecular weight excluding hydrogens is 914 g/mol. The van der Waals surface area contributed by atoms with Gasteiger partial charge in [0.1, 0.15) is 22.3 Å². The second kappa shape index (κ2) is 20.5. The molecule has 64 heavy (non-hydrogen) atoms. The first kappa shape index (κ1) is 45.8. The lowest BCUT2D eigenvalue weighted by molar-refractivity contribution is 0.381. The largest absolute Gasteiger partial charge is 0.467 e. The number of hydrogen-bond acceptors (Lipinski definition) is 10. The monoisotopic (exact) mass is 950 g/mol. The minimum atomic E-state index is 0. The fourth-order valence-electron chi connectivity index (χ4n) is 6.78. The first-order valence-corrected chi connectivity index (χ1v) is 21.1. The molecule has 10 rings (SSSR count). The molecule has 0 spiro atoms. The quantitative estimate of drug-likeness (QED) is 0.108. The number of ether oxygens (including phenoxy) is 2. The minimum Gasteiger partial charge on any atom is -0.467 e. The Bertz CT molecular complexity index is 3250. The van der Waals surface area contributed by atoms with Crippen LogP contribution in [-0.4, -0.2) is 54.1 Å². The number of fused-ring (bicyclic) bond motifs is 4. The van der Waals surface area contributed by atoms with Crippen LogP contribution in [-0.2, 0) is 13.1 Å². The molecule has 324 valence electrons. The zero-order valence-electron chi connectivity index (χ0n) is 33.4. The van der Waals surface area contributed by atoms with Crippen molar-refractivity contribution < 1.29 is 9.47 Å². The zero-order chi connectivity index (χ0) is 44.0. The van der Waals surface area contributed by atoms with Gasteiger partial charge in [-0.25, -0.2) is 9.97 Å². The number of hydrogen-bond donors (Lipinski definition) is 4. The van der Waals surface area contributed by atoms with Crippen molar-refractivity contribution in [2.45, 2.75) is 20.5 Å². The molecule has 12 nitrogen and oxygen atoms in total. The van der Waals surface area contributed by atoms with Crippen molar-refractivity contribution >= 4 is 108 Å². The van der Waals surface area contributed by atoms with E-state index in [1.54, 1.807) is 13.3 Å². The maximum Gasteiger partial charge on any atom is 0.320 e. The van der Waals surface area contributed by atoms with Gasteiger partial charge < -0.3 is 30.5 Å². The van der Waals surface area contributed by atoms with Crippen molar-refractivity contribution in [3.8, 4) is 34.5 Å². The van der Waals surface area contributed by atoms with Crippen LogP contribution in [0.1, 0.15) is 18.6 Å². The van der Waals surface area contributed by atoms with E-state index in [1.807, 2.05) is 109 Å². The molecule has 0 atom stereocenters. The molecule has 6 aromatic heterocycles. The summed E-state index contributed by atoms with van der Waals surface area (Å²) < 4.78 is 10.1. The van der Waals surface area contributed by atoms with E-state index in [4.69, 9.17) is 78.2 Å². The highest BCUT2D eigenvalue weighted by Gasteiger charge is 2.16. The summed E-state index contributed by atoms with van der Waals surface area (Å²) in [5, 5.41) is 9.91. The van der Waals surface area contributed by atoms with Crippen molar-refractivity contribution in [2.24, 2.45) is 5.73 Å². The van der Waals surface area contributed by atoms with Crippen LogP contribution in [0.2, 0.25) is 25.2 Å². The number of pyridine rings is 2. The van der Waals surface area contributed by atoms with Crippen LogP contribution >= 0.6 is 58.0 Å². The standard InChI is InChI=1S/C23H17Cl2N5O.C16H12Cl2N2.C7H6ClN3O.CH4/c1-31-23-29-21-16(9-10-26-21)22(30-23)27-12-14-11-13-5-4-8-18(25)20(13)28-19(14)15-6-2-3-7-17(15)24;17-13-6-2-1-5-12(13)15-11(9-19)8-10-4-3-7-14(18)16(10)20-15;1-12-7-10-5(8)4-2-3-9-6(4)11-7;/h2-11H,12H2,1H3,(H2,26,27,29,30);1-8H,9,19H2;2-3H,1H3,(H,9,10,11);1H4. The highest BCUT2D eigenvalue weighted by atomic mass is 35.5. The van der Waals surface area contributed by atoms with Gasteiger partial charge in [0.05, 0.1) is 57.5 Å². The average molecular weight is 953 g/mol. The van der Waals surface area contributed by atoms with Crippen molar-refractivity contribution in [3.63, 3.8) is 0 Å². The number of methoxy groups -OCH3 is 2. The summed E-state index contributed by atoms with van der Waals surface area (Å²) in [6.45, 7) is 0.868. The van der Waals surface area contributed by atoms with Crippen molar-refractivity contribution in [1.29, 1.82) is 0 Å². The van der Waals surface area contributed by atoms with Crippen LogP contribution in [0, 0.1) is 0 Å². The summed E-state index contributed by atoms with van der Waals surface area (Å²) in [4.78, 5) is 32.3. The Labute approximate surface area is 393 Å². The molecule has 6 heterocycles. The molecule has 0 aliphatic heterocycles. The third-order valence-electron chi connectivity index (χ3n) is 9.78. The summed E-state index contributed by atoms with van der Waals surface area (Å²) >= 11 is 31.3. The molecule has 0 fully saturated rings. The highest BCUT2D eigenvalue weighted by molar-refractivity contribution is 6.36. The van der Waals surface area contributed by atoms with E-state index in [0.717, 1.165) is 66.2 Å². The Balaban J connectivity index is 0.000000158. The molecular formula is C47H39Cl5N10O2. The molecule has 0 aliphatic rings. The molecule has 10 aromatic rings. The van der Waals surface area contributed by atoms with Gasteiger partial charge >= 0.3 is 12.0 Å². The molecule has 0 unspecified atom stereocenters. The molecule has 0 bridgehead atoms. The summed E-state index contributed by atoms with van der Waals surface area (Å²) in [5.41, 5.74) is 13.9. The van der Waals surface area contributed by atoms with Gasteiger partial charge in [0.15, 0.2) is 0 Å². The van der Waals surface area contributed by atoms with Crippen LogP contribution in [0.25, 0.3) is 66.4 Å². The lowest BCUT2D eigenvalue weighted by Crippen LogP contribution is -2.06. The van der Waals surface area contributed by atoms with Gasteiger partial charge in [-0.05, 0) is 59.7 Å². The van der Waals surface area contributed by atoms with Gasteiger partial charge in [-0.3, -0.25) is 0 Å². The first-order chi connectivity index (χ1) is 30.6. The predicted molar refractivity (Wildman–Crippen MR) is 262 cm³/mol. The van der Waals surface area contributed by atoms with E-state index in [0.29, 0.717) is 55.4 Å². The number of H-pyrrole nitrogens is 2. The SMILES string of the molecule is C.COc1nc(Cl)c2cc[nH]c2n1.COc1nc(NCc2cc3cccc(Cl)c3nc2-c2ccccc2Cl)c2cc[nH]c2n1.NCc1cc2cccc(Cl)c2nc1-c1ccccc1Cl. The van der Waals surface area contributed by atoms with Crippen LogP contribution in [0.15, 0.2) is 122 Å². The van der Waals surface area contributed by atoms with E-state index in [-0.39, 0.29) is 19.4 Å². The number of aromatic nitrogens is 8. The van der Waals surface area contributed by atoms with Gasteiger partial charge in [-0.15, -0.1) is 0 Å². The number of aromatic amines is 2. The molecule has 0 radical (unpaired) electrons. The van der Waals surface area contributed by atoms with Gasteiger partial charge in [0.2, 0.25) is 0 Å². The van der Waals surface area contributed by atoms with Crippen LogP contribution in [0.5, 0.6) is 12.0 Å². The van der Waals surface area contributed by atoms with Gasteiger partial charge in [0.25, 0.3) is 0 Å². The smallest absolute Gasteiger partial charge is 0.320 e. The maximum absolute atomic E-state index is 6.51. The third kappa shape index (κ3) is 9.78. The molecule has 4 aromatic carbocycles. The Hall–Kier alpha value is -6.25. The molecule has 0 saturated heterocycles. The van der Waals surface area contributed by atoms with Gasteiger partial charge in [0, 0.05) is 57.4 Å². The Kier molecular flexibility index (Phi) is 14.7. The van der Waals surface area contributed by atoms with Crippen LogP contribution < -0.4 is 20.5 Å². The number of anilines is 1.